The van der Waals surface area contributed by atoms with Crippen LogP contribution in [0.3, 0.4) is 0 Å². The predicted octanol–water partition coefficient (Wildman–Crippen LogP) is 1.59. The molecule has 1 heterocycles. The molecule has 0 saturated heterocycles. The maximum atomic E-state index is 11.9. The minimum atomic E-state index is -0.126. The zero-order chi connectivity index (χ0) is 14.1. The van der Waals surface area contributed by atoms with Crippen molar-refractivity contribution >= 4 is 5.91 Å². The van der Waals surface area contributed by atoms with E-state index in [9.17, 15) is 4.79 Å². The molecule has 1 amide bonds. The van der Waals surface area contributed by atoms with Gasteiger partial charge in [-0.05, 0) is 12.0 Å². The highest BCUT2D eigenvalue weighted by Crippen LogP contribution is 2.03. The molecule has 4 nitrogen and oxygen atoms in total. The van der Waals surface area contributed by atoms with Gasteiger partial charge >= 0.3 is 0 Å². The first kappa shape index (κ1) is 15.2. The molecule has 0 aliphatic heterocycles. The molecular weight excluding hydrogens is 240 g/mol. The van der Waals surface area contributed by atoms with Crippen molar-refractivity contribution in [3.63, 3.8) is 0 Å². The van der Waals surface area contributed by atoms with Crippen molar-refractivity contribution in [2.45, 2.75) is 26.7 Å². The molecule has 1 rings (SSSR count). The lowest BCUT2D eigenvalue weighted by atomic mass is 10.1. The van der Waals surface area contributed by atoms with E-state index in [1.807, 2.05) is 0 Å². The molecule has 2 N–H and O–H groups in total. The topological polar surface area (TPSA) is 62.2 Å². The Hall–Kier alpha value is -1.86. The van der Waals surface area contributed by atoms with Gasteiger partial charge in [0, 0.05) is 30.9 Å². The maximum absolute atomic E-state index is 11.9. The number of aromatic nitrogens is 1. The van der Waals surface area contributed by atoms with E-state index in [4.69, 9.17) is 5.11 Å². The van der Waals surface area contributed by atoms with Crippen molar-refractivity contribution in [2.24, 2.45) is 5.92 Å². The van der Waals surface area contributed by atoms with Gasteiger partial charge in [0.05, 0.1) is 12.2 Å². The Balaban J connectivity index is 2.66. The molecule has 0 aromatic carbocycles. The van der Waals surface area contributed by atoms with Gasteiger partial charge in [0.25, 0.3) is 5.91 Å². The van der Waals surface area contributed by atoms with Crippen molar-refractivity contribution in [2.75, 3.05) is 13.2 Å². The minimum Gasteiger partial charge on any atom is -0.395 e. The normalized spacial score (nSPS) is 11.3. The number of amides is 1. The fraction of sp³-hybridized carbons (Fsp3) is 0.467. The third kappa shape index (κ3) is 5.54. The third-order valence-corrected chi connectivity index (χ3v) is 2.78. The van der Waals surface area contributed by atoms with Crippen molar-refractivity contribution < 1.29 is 9.90 Å². The van der Waals surface area contributed by atoms with Crippen molar-refractivity contribution in [1.29, 1.82) is 0 Å². The summed E-state index contributed by atoms with van der Waals surface area (Å²) in [7, 11) is 0. The highest BCUT2D eigenvalue weighted by molar-refractivity contribution is 5.94. The molecule has 0 spiro atoms. The Labute approximate surface area is 114 Å². The molecule has 1 unspecified atom stereocenters. The summed E-state index contributed by atoms with van der Waals surface area (Å²) in [5.74, 6) is 6.01. The molecule has 4 heteroatoms. The summed E-state index contributed by atoms with van der Waals surface area (Å²) in [6.45, 7) is 4.89. The first-order chi connectivity index (χ1) is 9.17. The van der Waals surface area contributed by atoms with Crippen LogP contribution in [-0.2, 0) is 0 Å². The summed E-state index contributed by atoms with van der Waals surface area (Å²) in [5, 5.41) is 11.5. The molecule has 102 valence electrons. The number of nitrogens with zero attached hydrogens (tertiary/aromatic N) is 1. The molecule has 1 atom stereocenters. The Morgan fingerprint density at radius 2 is 2.32 bits per heavy atom. The van der Waals surface area contributed by atoms with Crippen LogP contribution in [0, 0.1) is 17.8 Å². The first-order valence-electron chi connectivity index (χ1n) is 6.50. The summed E-state index contributed by atoms with van der Waals surface area (Å²) >= 11 is 0. The van der Waals surface area contributed by atoms with Crippen molar-refractivity contribution in [3.05, 3.63) is 29.6 Å². The fourth-order valence-electron chi connectivity index (χ4n) is 1.37. The molecule has 0 aliphatic rings. The highest BCUT2D eigenvalue weighted by Gasteiger charge is 2.07. The van der Waals surface area contributed by atoms with Gasteiger partial charge in [-0.2, -0.15) is 0 Å². The van der Waals surface area contributed by atoms with Gasteiger partial charge < -0.3 is 10.4 Å². The SMILES string of the molecule is CCC(C)CNC(=O)c1cncc(C#CCCO)c1. The fourth-order valence-corrected chi connectivity index (χ4v) is 1.37. The van der Waals surface area contributed by atoms with Crippen LogP contribution in [0.1, 0.15) is 42.6 Å². The van der Waals surface area contributed by atoms with Gasteiger partial charge in [-0.25, -0.2) is 0 Å². The molecule has 19 heavy (non-hydrogen) atoms. The van der Waals surface area contributed by atoms with Crippen LogP contribution >= 0.6 is 0 Å². The molecule has 1 aromatic rings. The largest absolute Gasteiger partial charge is 0.395 e. The monoisotopic (exact) mass is 260 g/mol. The van der Waals surface area contributed by atoms with Crippen molar-refractivity contribution in [1.82, 2.24) is 10.3 Å². The van der Waals surface area contributed by atoms with E-state index in [1.165, 1.54) is 6.20 Å². The van der Waals surface area contributed by atoms with Gasteiger partial charge in [-0.3, -0.25) is 9.78 Å². The van der Waals surface area contributed by atoms with Gasteiger partial charge in [0.2, 0.25) is 0 Å². The second kappa shape index (κ2) is 8.28. The van der Waals surface area contributed by atoms with E-state index in [-0.39, 0.29) is 12.5 Å². The van der Waals surface area contributed by atoms with E-state index < -0.39 is 0 Å². The van der Waals surface area contributed by atoms with Crippen LogP contribution in [-0.4, -0.2) is 29.1 Å². The molecule has 0 bridgehead atoms. The van der Waals surface area contributed by atoms with E-state index >= 15 is 0 Å². The van der Waals surface area contributed by atoms with Gasteiger partial charge in [-0.15, -0.1) is 0 Å². The number of aliphatic hydroxyl groups excluding tert-OH is 1. The average Bonchev–Trinajstić information content (AvgIpc) is 2.45. The average molecular weight is 260 g/mol. The van der Waals surface area contributed by atoms with Gasteiger partial charge in [-0.1, -0.05) is 32.1 Å². The molecule has 0 fully saturated rings. The number of carbonyl (C=O) groups is 1. The standard InChI is InChI=1S/C15H20N2O2/c1-3-12(2)9-17-15(19)14-8-13(10-16-11-14)6-4-5-7-18/h8,10-12,18H,3,5,7,9H2,1-2H3,(H,17,19). The molecule has 0 aliphatic carbocycles. The Bertz CT molecular complexity index is 475. The number of nitrogens with one attached hydrogen (secondary N) is 1. The Kier molecular flexibility index (Phi) is 6.62. The number of aliphatic hydroxyl groups is 1. The predicted molar refractivity (Wildman–Crippen MR) is 74.6 cm³/mol. The van der Waals surface area contributed by atoms with Crippen LogP contribution in [0.25, 0.3) is 0 Å². The quantitative estimate of drug-likeness (QED) is 0.790. The second-order valence-corrected chi connectivity index (χ2v) is 4.46. The molecule has 0 saturated carbocycles. The van der Waals surface area contributed by atoms with E-state index in [2.05, 4.69) is 36.0 Å². The number of hydrogen-bond acceptors (Lipinski definition) is 3. The summed E-state index contributed by atoms with van der Waals surface area (Å²) in [6.07, 6.45) is 4.59. The zero-order valence-electron chi connectivity index (χ0n) is 11.4. The molecule has 1 aromatic heterocycles. The van der Waals surface area contributed by atoms with E-state index in [0.29, 0.717) is 30.0 Å². The lowest BCUT2D eigenvalue weighted by Gasteiger charge is -2.09. The number of pyridine rings is 1. The number of rotatable bonds is 5. The molecular formula is C15H20N2O2. The lowest BCUT2D eigenvalue weighted by molar-refractivity contribution is 0.0947. The Morgan fingerprint density at radius 3 is 3.00 bits per heavy atom. The van der Waals surface area contributed by atoms with Crippen LogP contribution in [0.15, 0.2) is 18.5 Å². The summed E-state index contributed by atoms with van der Waals surface area (Å²) in [5.41, 5.74) is 1.20. The highest BCUT2D eigenvalue weighted by atomic mass is 16.2. The maximum Gasteiger partial charge on any atom is 0.252 e. The summed E-state index contributed by atoms with van der Waals surface area (Å²) < 4.78 is 0. The summed E-state index contributed by atoms with van der Waals surface area (Å²) in [4.78, 5) is 15.9. The Morgan fingerprint density at radius 1 is 1.53 bits per heavy atom. The van der Waals surface area contributed by atoms with E-state index in [1.54, 1.807) is 12.3 Å². The van der Waals surface area contributed by atoms with Crippen LogP contribution in [0.2, 0.25) is 0 Å². The first-order valence-corrected chi connectivity index (χ1v) is 6.50. The van der Waals surface area contributed by atoms with Gasteiger partial charge in [0.15, 0.2) is 0 Å². The van der Waals surface area contributed by atoms with Crippen LogP contribution in [0.5, 0.6) is 0 Å². The third-order valence-electron chi connectivity index (χ3n) is 2.78. The van der Waals surface area contributed by atoms with Gasteiger partial charge in [0.1, 0.15) is 0 Å². The smallest absolute Gasteiger partial charge is 0.252 e. The second-order valence-electron chi connectivity index (χ2n) is 4.46. The van der Waals surface area contributed by atoms with Crippen LogP contribution in [0.4, 0.5) is 0 Å². The number of carbonyl (C=O) groups excluding carboxylic acids is 1. The lowest BCUT2D eigenvalue weighted by Crippen LogP contribution is -2.28. The zero-order valence-corrected chi connectivity index (χ0v) is 11.4. The molecule has 0 radical (unpaired) electrons. The summed E-state index contributed by atoms with van der Waals surface area (Å²) in [6, 6.07) is 1.71. The number of hydrogen-bond donors (Lipinski definition) is 2. The minimum absolute atomic E-state index is 0.0372. The van der Waals surface area contributed by atoms with Crippen LogP contribution < -0.4 is 5.32 Å². The van der Waals surface area contributed by atoms with E-state index in [0.717, 1.165) is 6.42 Å². The van der Waals surface area contributed by atoms with Crippen molar-refractivity contribution in [3.8, 4) is 11.8 Å².